The molecule has 0 spiro atoms. The molecule has 1 heterocycles. The number of hydrogen-bond acceptors (Lipinski definition) is 2. The van der Waals surface area contributed by atoms with Crippen molar-refractivity contribution in [2.45, 2.75) is 12.8 Å². The minimum atomic E-state index is 0.709. The summed E-state index contributed by atoms with van der Waals surface area (Å²) in [7, 11) is 2.19. The summed E-state index contributed by atoms with van der Waals surface area (Å²) in [4.78, 5) is 2.39. The van der Waals surface area contributed by atoms with Crippen LogP contribution in [-0.4, -0.2) is 38.1 Å². The van der Waals surface area contributed by atoms with E-state index >= 15 is 0 Å². The Kier molecular flexibility index (Phi) is 4.13. The third-order valence-electron chi connectivity index (χ3n) is 2.38. The van der Waals surface area contributed by atoms with E-state index in [-0.39, 0.29) is 0 Å². The van der Waals surface area contributed by atoms with Crippen LogP contribution < -0.4 is 5.32 Å². The molecular formula is C10H18N2. The quantitative estimate of drug-likeness (QED) is 0.486. The van der Waals surface area contributed by atoms with Crippen LogP contribution in [0.5, 0.6) is 0 Å². The third kappa shape index (κ3) is 3.25. The van der Waals surface area contributed by atoms with Gasteiger partial charge in [-0.15, -0.1) is 6.42 Å². The third-order valence-corrected chi connectivity index (χ3v) is 2.38. The van der Waals surface area contributed by atoms with Crippen LogP contribution in [0.3, 0.4) is 0 Å². The van der Waals surface area contributed by atoms with Gasteiger partial charge < -0.3 is 10.2 Å². The lowest BCUT2D eigenvalue weighted by Gasteiger charge is -2.29. The molecule has 1 aliphatic heterocycles. The maximum atomic E-state index is 5.15. The number of nitrogens with zero attached hydrogens (tertiary/aromatic N) is 1. The molecule has 0 aromatic rings. The Morgan fingerprint density at radius 3 is 3.17 bits per heavy atom. The fourth-order valence-electron chi connectivity index (χ4n) is 1.79. The van der Waals surface area contributed by atoms with Crippen LogP contribution in [0.15, 0.2) is 0 Å². The number of rotatable bonds is 3. The van der Waals surface area contributed by atoms with Gasteiger partial charge in [-0.05, 0) is 32.4 Å². The van der Waals surface area contributed by atoms with E-state index in [0.717, 1.165) is 12.5 Å². The Morgan fingerprint density at radius 2 is 2.50 bits per heavy atom. The first-order valence-electron chi connectivity index (χ1n) is 4.65. The average Bonchev–Trinajstić information content (AvgIpc) is 2.05. The Morgan fingerprint density at radius 1 is 1.67 bits per heavy atom. The molecule has 0 aliphatic carbocycles. The first kappa shape index (κ1) is 9.57. The number of piperidine rings is 1. The molecule has 1 atom stereocenters. The lowest BCUT2D eigenvalue weighted by Crippen LogP contribution is -2.37. The van der Waals surface area contributed by atoms with Crippen LogP contribution in [0.2, 0.25) is 0 Å². The topological polar surface area (TPSA) is 15.3 Å². The van der Waals surface area contributed by atoms with E-state index in [2.05, 4.69) is 23.2 Å². The average molecular weight is 166 g/mol. The fourth-order valence-corrected chi connectivity index (χ4v) is 1.79. The van der Waals surface area contributed by atoms with Crippen LogP contribution in [0.25, 0.3) is 0 Å². The number of hydrogen-bond donors (Lipinski definition) is 1. The SMILES string of the molecule is C#CCNCC1CCCN(C)C1. The van der Waals surface area contributed by atoms with Gasteiger partial charge in [-0.1, -0.05) is 5.92 Å². The summed E-state index contributed by atoms with van der Waals surface area (Å²) in [6.45, 7) is 4.26. The van der Waals surface area contributed by atoms with Gasteiger partial charge in [0.2, 0.25) is 0 Å². The molecule has 68 valence electrons. The minimum absolute atomic E-state index is 0.709. The lowest BCUT2D eigenvalue weighted by molar-refractivity contribution is 0.207. The largest absolute Gasteiger partial charge is 0.306 e. The Hall–Kier alpha value is -0.520. The number of likely N-dealkylation sites (tertiary alicyclic amines) is 1. The van der Waals surface area contributed by atoms with Crippen LogP contribution in [0, 0.1) is 18.3 Å². The van der Waals surface area contributed by atoms with Gasteiger partial charge in [0, 0.05) is 13.1 Å². The van der Waals surface area contributed by atoms with E-state index in [1.165, 1.54) is 25.9 Å². The molecule has 12 heavy (non-hydrogen) atoms. The van der Waals surface area contributed by atoms with Crippen LogP contribution in [-0.2, 0) is 0 Å². The van der Waals surface area contributed by atoms with E-state index in [0.29, 0.717) is 6.54 Å². The molecule has 0 saturated carbocycles. The van der Waals surface area contributed by atoms with Gasteiger partial charge in [-0.2, -0.15) is 0 Å². The molecule has 1 saturated heterocycles. The Bertz CT molecular complexity index is 160. The predicted molar refractivity (Wildman–Crippen MR) is 51.9 cm³/mol. The first-order chi connectivity index (χ1) is 5.83. The van der Waals surface area contributed by atoms with Crippen LogP contribution in [0.1, 0.15) is 12.8 Å². The second-order valence-corrected chi connectivity index (χ2v) is 3.61. The van der Waals surface area contributed by atoms with Gasteiger partial charge >= 0.3 is 0 Å². The summed E-state index contributed by atoms with van der Waals surface area (Å²) in [6.07, 6.45) is 7.83. The van der Waals surface area contributed by atoms with E-state index < -0.39 is 0 Å². The zero-order valence-electron chi connectivity index (χ0n) is 7.84. The second-order valence-electron chi connectivity index (χ2n) is 3.61. The number of terminal acetylenes is 1. The van der Waals surface area contributed by atoms with Crippen molar-refractivity contribution in [3.8, 4) is 12.3 Å². The Labute approximate surface area is 75.3 Å². The van der Waals surface area contributed by atoms with Crippen molar-refractivity contribution in [2.24, 2.45) is 5.92 Å². The summed E-state index contributed by atoms with van der Waals surface area (Å²) in [5.74, 6) is 3.40. The fraction of sp³-hybridized carbons (Fsp3) is 0.800. The maximum Gasteiger partial charge on any atom is 0.0573 e. The van der Waals surface area contributed by atoms with Crippen molar-refractivity contribution in [3.05, 3.63) is 0 Å². The smallest absolute Gasteiger partial charge is 0.0573 e. The molecule has 0 aromatic heterocycles. The van der Waals surface area contributed by atoms with Gasteiger partial charge in [0.25, 0.3) is 0 Å². The molecule has 0 bridgehead atoms. The second kappa shape index (κ2) is 5.18. The van der Waals surface area contributed by atoms with Crippen molar-refractivity contribution in [3.63, 3.8) is 0 Å². The summed E-state index contributed by atoms with van der Waals surface area (Å²) in [5.41, 5.74) is 0. The molecule has 2 heteroatoms. The highest BCUT2D eigenvalue weighted by molar-refractivity contribution is 4.87. The molecule has 1 aliphatic rings. The monoisotopic (exact) mass is 166 g/mol. The highest BCUT2D eigenvalue weighted by atomic mass is 15.1. The van der Waals surface area contributed by atoms with Crippen molar-refractivity contribution in [1.82, 2.24) is 10.2 Å². The summed E-state index contributed by atoms with van der Waals surface area (Å²) < 4.78 is 0. The maximum absolute atomic E-state index is 5.15. The molecule has 0 radical (unpaired) electrons. The van der Waals surface area contributed by atoms with Gasteiger partial charge in [0.05, 0.1) is 6.54 Å². The summed E-state index contributed by atoms with van der Waals surface area (Å²) >= 11 is 0. The van der Waals surface area contributed by atoms with Crippen molar-refractivity contribution in [1.29, 1.82) is 0 Å². The van der Waals surface area contributed by atoms with E-state index in [1.54, 1.807) is 0 Å². The van der Waals surface area contributed by atoms with E-state index in [4.69, 9.17) is 6.42 Å². The molecular weight excluding hydrogens is 148 g/mol. The highest BCUT2D eigenvalue weighted by Gasteiger charge is 2.15. The summed E-state index contributed by atoms with van der Waals surface area (Å²) in [6, 6.07) is 0. The summed E-state index contributed by atoms with van der Waals surface area (Å²) in [5, 5.41) is 3.26. The van der Waals surface area contributed by atoms with Crippen molar-refractivity contribution < 1.29 is 0 Å². The first-order valence-corrected chi connectivity index (χ1v) is 4.65. The lowest BCUT2D eigenvalue weighted by atomic mass is 9.98. The van der Waals surface area contributed by atoms with E-state index in [9.17, 15) is 0 Å². The Balaban J connectivity index is 2.11. The molecule has 1 fully saturated rings. The number of nitrogens with one attached hydrogen (secondary N) is 1. The normalized spacial score (nSPS) is 25.2. The van der Waals surface area contributed by atoms with Gasteiger partial charge in [0.15, 0.2) is 0 Å². The van der Waals surface area contributed by atoms with Crippen LogP contribution >= 0.6 is 0 Å². The molecule has 1 N–H and O–H groups in total. The zero-order valence-corrected chi connectivity index (χ0v) is 7.84. The highest BCUT2D eigenvalue weighted by Crippen LogP contribution is 2.13. The minimum Gasteiger partial charge on any atom is -0.306 e. The van der Waals surface area contributed by atoms with Gasteiger partial charge in [0.1, 0.15) is 0 Å². The standard InChI is InChI=1S/C10H18N2/c1-3-6-11-8-10-5-4-7-12(2)9-10/h1,10-11H,4-9H2,2H3. The van der Waals surface area contributed by atoms with Gasteiger partial charge in [-0.3, -0.25) is 0 Å². The zero-order chi connectivity index (χ0) is 8.81. The van der Waals surface area contributed by atoms with Crippen molar-refractivity contribution in [2.75, 3.05) is 33.2 Å². The van der Waals surface area contributed by atoms with Gasteiger partial charge in [-0.25, -0.2) is 0 Å². The molecule has 2 nitrogen and oxygen atoms in total. The molecule has 1 unspecified atom stereocenters. The van der Waals surface area contributed by atoms with E-state index in [1.807, 2.05) is 0 Å². The predicted octanol–water partition coefficient (Wildman–Crippen LogP) is 0.551. The van der Waals surface area contributed by atoms with Crippen molar-refractivity contribution >= 4 is 0 Å². The van der Waals surface area contributed by atoms with Crippen LogP contribution in [0.4, 0.5) is 0 Å². The molecule has 0 aromatic carbocycles. The molecule has 0 amide bonds. The molecule has 1 rings (SSSR count).